The topological polar surface area (TPSA) is 57.6 Å². The third-order valence-corrected chi connectivity index (χ3v) is 2.77. The minimum atomic E-state index is -1.14. The zero-order valence-electron chi connectivity index (χ0n) is 9.40. The van der Waals surface area contributed by atoms with Gasteiger partial charge >= 0.3 is 5.97 Å². The number of amides is 1. The number of benzene rings is 1. The molecule has 0 spiro atoms. The van der Waals surface area contributed by atoms with Crippen molar-refractivity contribution in [2.24, 2.45) is 0 Å². The van der Waals surface area contributed by atoms with Crippen molar-refractivity contribution in [1.29, 1.82) is 0 Å². The molecule has 1 aromatic rings. The van der Waals surface area contributed by atoms with Gasteiger partial charge in [-0.3, -0.25) is 9.59 Å². The maximum atomic E-state index is 13.3. The monoisotopic (exact) mass is 315 g/mol. The molecular formula is C12H11BrFNO3. The van der Waals surface area contributed by atoms with E-state index in [1.165, 1.54) is 18.2 Å². The van der Waals surface area contributed by atoms with Crippen LogP contribution in [0, 0.1) is 5.82 Å². The number of halogens is 2. The number of nitrogens with zero attached hydrogens (tertiary/aromatic N) is 1. The fourth-order valence-corrected chi connectivity index (χ4v) is 1.60. The third kappa shape index (κ3) is 3.66. The molecule has 96 valence electrons. The molecule has 0 aliphatic heterocycles. The highest BCUT2D eigenvalue weighted by atomic mass is 79.9. The molecule has 0 heterocycles. The van der Waals surface area contributed by atoms with Gasteiger partial charge in [0.1, 0.15) is 12.4 Å². The first-order valence-corrected chi connectivity index (χ1v) is 5.82. The number of aliphatic carboxylic acids is 1. The molecule has 0 radical (unpaired) electrons. The SMILES string of the molecule is C=CCN(CC(=O)O)C(=O)c1ccc(Br)c(F)c1. The summed E-state index contributed by atoms with van der Waals surface area (Å²) in [4.78, 5) is 23.7. The second-order valence-electron chi connectivity index (χ2n) is 3.50. The van der Waals surface area contributed by atoms with Crippen molar-refractivity contribution in [2.75, 3.05) is 13.1 Å². The molecule has 0 aliphatic rings. The van der Waals surface area contributed by atoms with Gasteiger partial charge in [0.15, 0.2) is 0 Å². The maximum absolute atomic E-state index is 13.3. The molecule has 0 aliphatic carbocycles. The van der Waals surface area contributed by atoms with E-state index in [4.69, 9.17) is 5.11 Å². The number of hydrogen-bond acceptors (Lipinski definition) is 2. The summed E-state index contributed by atoms with van der Waals surface area (Å²) in [7, 11) is 0. The number of rotatable bonds is 5. The van der Waals surface area contributed by atoms with Gasteiger partial charge in [0.05, 0.1) is 4.47 Å². The first-order chi connectivity index (χ1) is 8.45. The number of carboxylic acids is 1. The zero-order chi connectivity index (χ0) is 13.7. The molecule has 1 N–H and O–H groups in total. The fourth-order valence-electron chi connectivity index (χ4n) is 1.35. The molecule has 0 saturated carbocycles. The van der Waals surface area contributed by atoms with Gasteiger partial charge in [-0.15, -0.1) is 6.58 Å². The Morgan fingerprint density at radius 3 is 2.67 bits per heavy atom. The van der Waals surface area contributed by atoms with Gasteiger partial charge in [-0.2, -0.15) is 0 Å². The Kier molecular flexibility index (Phi) is 5.03. The summed E-state index contributed by atoms with van der Waals surface area (Å²) in [5.41, 5.74) is 0.0961. The van der Waals surface area contributed by atoms with Crippen LogP contribution in [0.2, 0.25) is 0 Å². The molecule has 0 saturated heterocycles. The summed E-state index contributed by atoms with van der Waals surface area (Å²) >= 11 is 2.98. The van der Waals surface area contributed by atoms with Crippen molar-refractivity contribution < 1.29 is 19.1 Å². The van der Waals surface area contributed by atoms with Gasteiger partial charge in [-0.25, -0.2) is 4.39 Å². The average Bonchev–Trinajstić information content (AvgIpc) is 2.31. The van der Waals surface area contributed by atoms with E-state index in [-0.39, 0.29) is 16.6 Å². The van der Waals surface area contributed by atoms with Crippen molar-refractivity contribution in [1.82, 2.24) is 4.90 Å². The molecule has 6 heteroatoms. The maximum Gasteiger partial charge on any atom is 0.323 e. The number of carbonyl (C=O) groups is 2. The van der Waals surface area contributed by atoms with Gasteiger partial charge in [-0.05, 0) is 34.1 Å². The van der Waals surface area contributed by atoms with E-state index in [0.29, 0.717) is 0 Å². The molecule has 1 aromatic carbocycles. The van der Waals surface area contributed by atoms with Crippen LogP contribution in [0.3, 0.4) is 0 Å². The highest BCUT2D eigenvalue weighted by molar-refractivity contribution is 9.10. The molecular weight excluding hydrogens is 305 g/mol. The van der Waals surface area contributed by atoms with E-state index in [9.17, 15) is 14.0 Å². The first kappa shape index (κ1) is 14.4. The fraction of sp³-hybridized carbons (Fsp3) is 0.167. The predicted octanol–water partition coefficient (Wildman–Crippen LogP) is 2.30. The van der Waals surface area contributed by atoms with Crippen LogP contribution >= 0.6 is 15.9 Å². The van der Waals surface area contributed by atoms with Crippen molar-refractivity contribution in [3.05, 3.63) is 46.7 Å². The largest absolute Gasteiger partial charge is 0.480 e. The van der Waals surface area contributed by atoms with Crippen LogP contribution < -0.4 is 0 Å². The van der Waals surface area contributed by atoms with E-state index in [1.54, 1.807) is 0 Å². The van der Waals surface area contributed by atoms with Crippen LogP contribution in [0.15, 0.2) is 35.3 Å². The summed E-state index contributed by atoms with van der Waals surface area (Å²) in [6, 6.07) is 3.88. The first-order valence-electron chi connectivity index (χ1n) is 5.02. The van der Waals surface area contributed by atoms with Crippen molar-refractivity contribution >= 4 is 27.8 Å². The Labute approximate surface area is 112 Å². The Hall–Kier alpha value is -1.69. The van der Waals surface area contributed by atoms with Crippen molar-refractivity contribution in [2.45, 2.75) is 0 Å². The van der Waals surface area contributed by atoms with Gasteiger partial charge in [-0.1, -0.05) is 6.08 Å². The van der Waals surface area contributed by atoms with E-state index in [0.717, 1.165) is 11.0 Å². The van der Waals surface area contributed by atoms with Gasteiger partial charge < -0.3 is 10.0 Å². The highest BCUT2D eigenvalue weighted by Crippen LogP contribution is 2.17. The Morgan fingerprint density at radius 2 is 2.17 bits per heavy atom. The van der Waals surface area contributed by atoms with Crippen LogP contribution in [0.1, 0.15) is 10.4 Å². The summed E-state index contributed by atoms with van der Waals surface area (Å²) in [6.07, 6.45) is 1.41. The normalized spacial score (nSPS) is 9.89. The molecule has 0 aromatic heterocycles. The van der Waals surface area contributed by atoms with Gasteiger partial charge in [0.2, 0.25) is 0 Å². The third-order valence-electron chi connectivity index (χ3n) is 2.13. The van der Waals surface area contributed by atoms with Crippen LogP contribution in [-0.4, -0.2) is 35.0 Å². The number of carbonyl (C=O) groups excluding carboxylic acids is 1. The molecule has 1 amide bonds. The van der Waals surface area contributed by atoms with Crippen LogP contribution in [0.25, 0.3) is 0 Å². The molecule has 0 unspecified atom stereocenters. The molecule has 4 nitrogen and oxygen atoms in total. The summed E-state index contributed by atoms with van der Waals surface area (Å²) in [5, 5.41) is 8.70. The summed E-state index contributed by atoms with van der Waals surface area (Å²) in [6.45, 7) is 3.08. The quantitative estimate of drug-likeness (QED) is 0.848. The van der Waals surface area contributed by atoms with E-state index in [1.807, 2.05) is 0 Å². The predicted molar refractivity (Wildman–Crippen MR) is 67.8 cm³/mol. The molecule has 18 heavy (non-hydrogen) atoms. The summed E-state index contributed by atoms with van der Waals surface area (Å²) in [5.74, 6) is -2.26. The van der Waals surface area contributed by atoms with Gasteiger partial charge in [0, 0.05) is 12.1 Å². The highest BCUT2D eigenvalue weighted by Gasteiger charge is 2.18. The van der Waals surface area contributed by atoms with Gasteiger partial charge in [0.25, 0.3) is 5.91 Å². The average molecular weight is 316 g/mol. The van der Waals surface area contributed by atoms with E-state index >= 15 is 0 Å². The smallest absolute Gasteiger partial charge is 0.323 e. The van der Waals surface area contributed by atoms with Crippen molar-refractivity contribution in [3.8, 4) is 0 Å². The van der Waals surface area contributed by atoms with E-state index < -0.39 is 24.2 Å². The lowest BCUT2D eigenvalue weighted by Gasteiger charge is -2.18. The molecule has 0 fully saturated rings. The van der Waals surface area contributed by atoms with E-state index in [2.05, 4.69) is 22.5 Å². The second kappa shape index (κ2) is 6.30. The Morgan fingerprint density at radius 1 is 1.50 bits per heavy atom. The van der Waals surface area contributed by atoms with Crippen LogP contribution in [-0.2, 0) is 4.79 Å². The minimum Gasteiger partial charge on any atom is -0.480 e. The standard InChI is InChI=1S/C12H11BrFNO3/c1-2-5-15(7-11(16)17)12(18)8-3-4-9(13)10(14)6-8/h2-4,6H,1,5,7H2,(H,16,17). The van der Waals surface area contributed by atoms with Crippen molar-refractivity contribution in [3.63, 3.8) is 0 Å². The second-order valence-corrected chi connectivity index (χ2v) is 4.35. The number of hydrogen-bond donors (Lipinski definition) is 1. The number of carboxylic acid groups (broad SMARTS) is 1. The lowest BCUT2D eigenvalue weighted by Crippen LogP contribution is -2.35. The van der Waals surface area contributed by atoms with Crippen LogP contribution in [0.5, 0.6) is 0 Å². The Balaban J connectivity index is 2.97. The molecule has 0 bridgehead atoms. The lowest BCUT2D eigenvalue weighted by atomic mass is 10.2. The molecule has 0 atom stereocenters. The zero-order valence-corrected chi connectivity index (χ0v) is 11.0. The Bertz CT molecular complexity index is 490. The summed E-state index contributed by atoms with van der Waals surface area (Å²) < 4.78 is 13.5. The lowest BCUT2D eigenvalue weighted by molar-refractivity contribution is -0.137. The molecule has 1 rings (SSSR count). The minimum absolute atomic E-state index is 0.0861. The van der Waals surface area contributed by atoms with Crippen LogP contribution in [0.4, 0.5) is 4.39 Å².